The molecule has 2 fully saturated rings. The summed E-state index contributed by atoms with van der Waals surface area (Å²) in [5, 5.41) is 3.02. The third-order valence-corrected chi connectivity index (χ3v) is 6.23. The van der Waals surface area contributed by atoms with E-state index in [4.69, 9.17) is 23.7 Å². The minimum atomic E-state index is -0.980. The molecule has 36 heavy (non-hydrogen) atoms. The van der Waals surface area contributed by atoms with Gasteiger partial charge in [-0.3, -0.25) is 4.79 Å². The van der Waals surface area contributed by atoms with E-state index in [1.54, 1.807) is 48.5 Å². The lowest BCUT2D eigenvalue weighted by Crippen LogP contribution is -2.68. The van der Waals surface area contributed by atoms with Crippen molar-refractivity contribution in [2.24, 2.45) is 0 Å². The van der Waals surface area contributed by atoms with Crippen molar-refractivity contribution in [3.8, 4) is 0 Å². The van der Waals surface area contributed by atoms with E-state index < -0.39 is 42.9 Å². The Hall–Kier alpha value is -3.56. The maximum Gasteiger partial charge on any atom is 0.338 e. The molecular formula is C28H27NO7. The van der Waals surface area contributed by atoms with Gasteiger partial charge in [0.25, 0.3) is 5.91 Å². The molecule has 3 aromatic carbocycles. The first-order valence-electron chi connectivity index (χ1n) is 11.8. The molecule has 8 nitrogen and oxygen atoms in total. The van der Waals surface area contributed by atoms with Crippen molar-refractivity contribution in [1.82, 2.24) is 5.32 Å². The molecule has 0 aliphatic carbocycles. The van der Waals surface area contributed by atoms with Gasteiger partial charge >= 0.3 is 5.97 Å². The molecule has 0 spiro atoms. The lowest BCUT2D eigenvalue weighted by Gasteiger charge is -2.48. The van der Waals surface area contributed by atoms with Crippen molar-refractivity contribution in [1.29, 1.82) is 0 Å². The Morgan fingerprint density at radius 2 is 1.44 bits per heavy atom. The van der Waals surface area contributed by atoms with E-state index in [0.29, 0.717) is 11.1 Å². The highest BCUT2D eigenvalue weighted by Gasteiger charge is 2.52. The largest absolute Gasteiger partial charge is 0.451 e. The maximum absolute atomic E-state index is 13.2. The Bertz CT molecular complexity index is 1160. The minimum absolute atomic E-state index is 0.209. The average Bonchev–Trinajstić information content (AvgIpc) is 2.95. The quantitative estimate of drug-likeness (QED) is 0.530. The molecule has 2 aliphatic heterocycles. The lowest BCUT2D eigenvalue weighted by molar-refractivity contribution is -0.339. The molecule has 0 saturated carbocycles. The summed E-state index contributed by atoms with van der Waals surface area (Å²) in [4.78, 5) is 26.2. The molecule has 2 heterocycles. The first-order valence-corrected chi connectivity index (χ1v) is 11.8. The third kappa shape index (κ3) is 5.17. The summed E-state index contributed by atoms with van der Waals surface area (Å²) in [6.45, 7) is 0.209. The second kappa shape index (κ2) is 11.0. The van der Waals surface area contributed by atoms with Gasteiger partial charge < -0.3 is 29.0 Å². The van der Waals surface area contributed by atoms with Gasteiger partial charge in [-0.25, -0.2) is 4.79 Å². The normalized spacial score (nSPS) is 27.5. The van der Waals surface area contributed by atoms with E-state index in [-0.39, 0.29) is 12.5 Å². The van der Waals surface area contributed by atoms with Crippen LogP contribution in [0.25, 0.3) is 0 Å². The Morgan fingerprint density at radius 3 is 2.08 bits per heavy atom. The van der Waals surface area contributed by atoms with Gasteiger partial charge in [0.05, 0.1) is 12.2 Å². The molecule has 3 aromatic rings. The number of benzene rings is 3. The van der Waals surface area contributed by atoms with Crippen LogP contribution in [0.5, 0.6) is 0 Å². The smallest absolute Gasteiger partial charge is 0.338 e. The van der Waals surface area contributed by atoms with Crippen molar-refractivity contribution in [3.63, 3.8) is 0 Å². The molecule has 8 heteroatoms. The standard InChI is InChI=1S/C28H27NO7/c1-32-28-24(35-26(31)19-13-7-3-8-14-19)22(29-25(30)18-11-5-2-6-12-18)23-21(34-28)17-33-27(36-23)20-15-9-4-10-16-20/h2-16,21-24,27-28H,17H2,1H3,(H,29,30). The zero-order chi connectivity index (χ0) is 24.9. The van der Waals surface area contributed by atoms with Crippen LogP contribution in [-0.4, -0.2) is 56.2 Å². The highest BCUT2D eigenvalue weighted by atomic mass is 16.8. The lowest BCUT2D eigenvalue weighted by atomic mass is 9.94. The van der Waals surface area contributed by atoms with E-state index in [1.165, 1.54) is 7.11 Å². The van der Waals surface area contributed by atoms with E-state index in [2.05, 4.69) is 5.32 Å². The summed E-state index contributed by atoms with van der Waals surface area (Å²) < 4.78 is 29.8. The van der Waals surface area contributed by atoms with Crippen LogP contribution in [0.4, 0.5) is 0 Å². The fourth-order valence-corrected chi connectivity index (χ4v) is 4.44. The van der Waals surface area contributed by atoms with Gasteiger partial charge in [-0.1, -0.05) is 66.7 Å². The molecule has 2 saturated heterocycles. The molecule has 0 radical (unpaired) electrons. The van der Waals surface area contributed by atoms with Gasteiger partial charge in [0.1, 0.15) is 18.2 Å². The van der Waals surface area contributed by atoms with E-state index in [1.807, 2.05) is 42.5 Å². The second-order valence-corrected chi connectivity index (χ2v) is 8.56. The van der Waals surface area contributed by atoms with Crippen molar-refractivity contribution in [2.45, 2.75) is 36.9 Å². The van der Waals surface area contributed by atoms with Crippen LogP contribution < -0.4 is 5.32 Å². The van der Waals surface area contributed by atoms with Gasteiger partial charge in [0.15, 0.2) is 18.7 Å². The first kappa shape index (κ1) is 24.1. The van der Waals surface area contributed by atoms with Crippen LogP contribution in [0.2, 0.25) is 0 Å². The molecule has 5 rings (SSSR count). The monoisotopic (exact) mass is 489 g/mol. The Balaban J connectivity index is 1.46. The summed E-state index contributed by atoms with van der Waals surface area (Å²) in [5.41, 5.74) is 1.67. The maximum atomic E-state index is 13.2. The van der Waals surface area contributed by atoms with Crippen LogP contribution in [0, 0.1) is 0 Å². The Labute approximate surface area is 209 Å². The molecule has 0 aromatic heterocycles. The van der Waals surface area contributed by atoms with Crippen LogP contribution in [0.15, 0.2) is 91.0 Å². The van der Waals surface area contributed by atoms with Crippen molar-refractivity contribution < 1.29 is 33.3 Å². The number of carbonyl (C=O) groups excluding carboxylic acids is 2. The predicted octanol–water partition coefficient (Wildman–Crippen LogP) is 3.50. The van der Waals surface area contributed by atoms with Crippen molar-refractivity contribution in [2.75, 3.05) is 13.7 Å². The molecule has 6 unspecified atom stereocenters. The molecule has 1 amide bonds. The summed E-state index contributed by atoms with van der Waals surface area (Å²) in [6, 6.07) is 26.2. The minimum Gasteiger partial charge on any atom is -0.451 e. The fourth-order valence-electron chi connectivity index (χ4n) is 4.44. The first-order chi connectivity index (χ1) is 17.6. The van der Waals surface area contributed by atoms with E-state index in [0.717, 1.165) is 5.56 Å². The Kier molecular flexibility index (Phi) is 7.39. The molecule has 1 N–H and O–H groups in total. The average molecular weight is 490 g/mol. The zero-order valence-corrected chi connectivity index (χ0v) is 19.7. The number of nitrogens with one attached hydrogen (secondary N) is 1. The number of hydrogen-bond donors (Lipinski definition) is 1. The van der Waals surface area contributed by atoms with Gasteiger partial charge in [-0.05, 0) is 24.3 Å². The number of amides is 1. The van der Waals surface area contributed by atoms with Crippen LogP contribution in [-0.2, 0) is 23.7 Å². The molecule has 6 atom stereocenters. The third-order valence-electron chi connectivity index (χ3n) is 6.23. The number of esters is 1. The summed E-state index contributed by atoms with van der Waals surface area (Å²) in [6.07, 6.45) is -3.82. The molecule has 2 aliphatic rings. The van der Waals surface area contributed by atoms with Crippen LogP contribution >= 0.6 is 0 Å². The van der Waals surface area contributed by atoms with Crippen LogP contribution in [0.1, 0.15) is 32.6 Å². The topological polar surface area (TPSA) is 92.3 Å². The van der Waals surface area contributed by atoms with Crippen LogP contribution in [0.3, 0.4) is 0 Å². The van der Waals surface area contributed by atoms with Gasteiger partial charge in [0, 0.05) is 18.2 Å². The number of rotatable bonds is 6. The summed E-state index contributed by atoms with van der Waals surface area (Å²) in [7, 11) is 1.46. The number of carbonyl (C=O) groups is 2. The van der Waals surface area contributed by atoms with Gasteiger partial charge in [-0.15, -0.1) is 0 Å². The number of hydrogen-bond acceptors (Lipinski definition) is 7. The predicted molar refractivity (Wildman–Crippen MR) is 129 cm³/mol. The van der Waals surface area contributed by atoms with Gasteiger partial charge in [0.2, 0.25) is 0 Å². The molecule has 0 bridgehead atoms. The number of fused-ring (bicyclic) bond motifs is 1. The zero-order valence-electron chi connectivity index (χ0n) is 19.7. The highest BCUT2D eigenvalue weighted by molar-refractivity contribution is 5.94. The summed E-state index contributed by atoms with van der Waals surface area (Å²) >= 11 is 0. The van der Waals surface area contributed by atoms with Crippen molar-refractivity contribution in [3.05, 3.63) is 108 Å². The second-order valence-electron chi connectivity index (χ2n) is 8.56. The summed E-state index contributed by atoms with van der Waals surface area (Å²) in [5.74, 6) is -0.890. The van der Waals surface area contributed by atoms with Crippen molar-refractivity contribution >= 4 is 11.9 Å². The number of methoxy groups -OCH3 is 1. The van der Waals surface area contributed by atoms with E-state index in [9.17, 15) is 9.59 Å². The van der Waals surface area contributed by atoms with E-state index >= 15 is 0 Å². The SMILES string of the molecule is COC1OC2COC(c3ccccc3)OC2C(NC(=O)c2ccccc2)C1OC(=O)c1ccccc1. The highest BCUT2D eigenvalue weighted by Crippen LogP contribution is 2.35. The molecular weight excluding hydrogens is 462 g/mol. The number of ether oxygens (including phenoxy) is 5. The Morgan fingerprint density at radius 1 is 0.833 bits per heavy atom. The van der Waals surface area contributed by atoms with Gasteiger partial charge in [-0.2, -0.15) is 0 Å². The fraction of sp³-hybridized carbons (Fsp3) is 0.286. The molecule has 186 valence electrons.